The molecule has 0 bridgehead atoms. The molecule has 1 aromatic carbocycles. The number of methoxy groups -OCH3 is 2. The zero-order valence-electron chi connectivity index (χ0n) is 13.9. The van der Waals surface area contributed by atoms with E-state index in [0.717, 1.165) is 37.0 Å². The van der Waals surface area contributed by atoms with Crippen molar-refractivity contribution in [2.45, 2.75) is 50.2 Å². The van der Waals surface area contributed by atoms with Crippen molar-refractivity contribution in [3.8, 4) is 5.75 Å². The second kappa shape index (κ2) is 8.31. The first-order valence-electron chi connectivity index (χ1n) is 8.21. The van der Waals surface area contributed by atoms with Crippen LogP contribution in [0.25, 0.3) is 0 Å². The van der Waals surface area contributed by atoms with Gasteiger partial charge < -0.3 is 20.3 Å². The molecular weight excluding hydrogens is 294 g/mol. The van der Waals surface area contributed by atoms with E-state index in [1.165, 1.54) is 7.11 Å². The maximum absolute atomic E-state index is 11.6. The highest BCUT2D eigenvalue weighted by atomic mass is 16.5. The fourth-order valence-electron chi connectivity index (χ4n) is 3.60. The van der Waals surface area contributed by atoms with E-state index in [9.17, 15) is 9.90 Å². The molecule has 1 aliphatic carbocycles. The van der Waals surface area contributed by atoms with Crippen LogP contribution in [0.5, 0.6) is 5.75 Å². The van der Waals surface area contributed by atoms with Crippen molar-refractivity contribution in [3.05, 3.63) is 29.8 Å². The van der Waals surface area contributed by atoms with Crippen molar-refractivity contribution in [2.75, 3.05) is 14.2 Å². The van der Waals surface area contributed by atoms with Crippen molar-refractivity contribution >= 4 is 5.97 Å². The molecule has 0 saturated heterocycles. The Morgan fingerprint density at radius 3 is 2.48 bits per heavy atom. The lowest BCUT2D eigenvalue weighted by Crippen LogP contribution is -2.41. The van der Waals surface area contributed by atoms with Crippen LogP contribution in [0.1, 0.15) is 43.6 Å². The third-order valence-corrected chi connectivity index (χ3v) is 4.83. The van der Waals surface area contributed by atoms with E-state index in [1.54, 1.807) is 7.11 Å². The van der Waals surface area contributed by atoms with Gasteiger partial charge in [0, 0.05) is 12.0 Å². The van der Waals surface area contributed by atoms with Gasteiger partial charge in [-0.25, -0.2) is 0 Å². The monoisotopic (exact) mass is 321 g/mol. The number of carbonyl (C=O) groups is 1. The van der Waals surface area contributed by atoms with E-state index in [0.29, 0.717) is 0 Å². The molecule has 2 rings (SSSR count). The smallest absolute Gasteiger partial charge is 0.307 e. The van der Waals surface area contributed by atoms with Crippen molar-refractivity contribution < 1.29 is 19.4 Å². The largest absolute Gasteiger partial charge is 0.497 e. The van der Waals surface area contributed by atoms with Gasteiger partial charge in [0.1, 0.15) is 5.75 Å². The van der Waals surface area contributed by atoms with Crippen molar-refractivity contribution in [1.82, 2.24) is 0 Å². The van der Waals surface area contributed by atoms with E-state index in [4.69, 9.17) is 15.2 Å². The van der Waals surface area contributed by atoms with Gasteiger partial charge in [-0.3, -0.25) is 4.79 Å². The Kier molecular flexibility index (Phi) is 6.42. The normalized spacial score (nSPS) is 23.8. The Morgan fingerprint density at radius 2 is 1.91 bits per heavy atom. The minimum absolute atomic E-state index is 0.0665. The zero-order chi connectivity index (χ0) is 16.8. The lowest BCUT2D eigenvalue weighted by atomic mass is 9.71. The molecule has 1 aliphatic rings. The lowest BCUT2D eigenvalue weighted by Gasteiger charge is -2.37. The van der Waals surface area contributed by atoms with Gasteiger partial charge in [-0.2, -0.15) is 0 Å². The second-order valence-electron chi connectivity index (χ2n) is 6.26. The van der Waals surface area contributed by atoms with Crippen LogP contribution in [0.2, 0.25) is 0 Å². The molecule has 3 N–H and O–H groups in total. The van der Waals surface area contributed by atoms with Gasteiger partial charge in [-0.1, -0.05) is 25.0 Å². The molecule has 0 aliphatic heterocycles. The summed E-state index contributed by atoms with van der Waals surface area (Å²) in [5.41, 5.74) is 7.38. The fourth-order valence-corrected chi connectivity index (χ4v) is 3.60. The Balaban J connectivity index is 2.26. The topological polar surface area (TPSA) is 81.8 Å². The summed E-state index contributed by atoms with van der Waals surface area (Å²) in [5.74, 6) is 0.451. The molecule has 0 amide bonds. The number of ether oxygens (including phenoxy) is 2. The molecule has 0 radical (unpaired) electrons. The first-order chi connectivity index (χ1) is 11.1. The van der Waals surface area contributed by atoms with Crippen LogP contribution in [0.15, 0.2) is 24.3 Å². The van der Waals surface area contributed by atoms with Gasteiger partial charge in [0.25, 0.3) is 0 Å². The van der Waals surface area contributed by atoms with Gasteiger partial charge in [-0.05, 0) is 36.5 Å². The van der Waals surface area contributed by atoms with E-state index < -0.39 is 0 Å². The minimum Gasteiger partial charge on any atom is -0.497 e. The van der Waals surface area contributed by atoms with Crippen molar-refractivity contribution in [2.24, 2.45) is 11.7 Å². The maximum Gasteiger partial charge on any atom is 0.307 e. The van der Waals surface area contributed by atoms with Crippen LogP contribution < -0.4 is 10.5 Å². The molecule has 0 spiro atoms. The van der Waals surface area contributed by atoms with E-state index in [1.807, 2.05) is 24.3 Å². The Bertz CT molecular complexity index is 502. The first-order valence-corrected chi connectivity index (χ1v) is 8.21. The van der Waals surface area contributed by atoms with Gasteiger partial charge in [0.2, 0.25) is 0 Å². The second-order valence-corrected chi connectivity index (χ2v) is 6.26. The summed E-state index contributed by atoms with van der Waals surface area (Å²) < 4.78 is 9.96. The highest BCUT2D eigenvalue weighted by Gasteiger charge is 2.36. The molecule has 1 saturated carbocycles. The predicted molar refractivity (Wildman–Crippen MR) is 88.3 cm³/mol. The molecule has 5 heteroatoms. The summed E-state index contributed by atoms with van der Waals surface area (Å²) in [6.07, 6.45) is 3.61. The average Bonchev–Trinajstić information content (AvgIpc) is 2.57. The maximum atomic E-state index is 11.6. The van der Waals surface area contributed by atoms with E-state index >= 15 is 0 Å². The molecule has 0 heterocycles. The Morgan fingerprint density at radius 1 is 1.26 bits per heavy atom. The number of hydrogen-bond acceptors (Lipinski definition) is 5. The standard InChI is InChI=1S/C18H27NO4/c1-22-13-9-7-12(8-10-13)18(15(19)11-17(21)23-2)14-5-3-4-6-16(14)20/h7-10,14-16,18,20H,3-6,11,19H2,1-2H3/t14-,15?,16+,18+/m0/s1. The highest BCUT2D eigenvalue weighted by Crippen LogP contribution is 2.39. The third kappa shape index (κ3) is 4.45. The lowest BCUT2D eigenvalue weighted by molar-refractivity contribution is -0.141. The van der Waals surface area contributed by atoms with Gasteiger partial charge in [-0.15, -0.1) is 0 Å². The number of carbonyl (C=O) groups excluding carboxylic acids is 1. The predicted octanol–water partition coefficient (Wildman–Crippen LogP) is 2.22. The van der Waals surface area contributed by atoms with Crippen LogP contribution in [0, 0.1) is 5.92 Å². The van der Waals surface area contributed by atoms with Crippen LogP contribution >= 0.6 is 0 Å². The van der Waals surface area contributed by atoms with Gasteiger partial charge >= 0.3 is 5.97 Å². The number of rotatable bonds is 6. The molecule has 1 fully saturated rings. The highest BCUT2D eigenvalue weighted by molar-refractivity contribution is 5.70. The van der Waals surface area contributed by atoms with Crippen molar-refractivity contribution in [3.63, 3.8) is 0 Å². The third-order valence-electron chi connectivity index (χ3n) is 4.83. The van der Waals surface area contributed by atoms with Gasteiger partial charge in [0.15, 0.2) is 0 Å². The summed E-state index contributed by atoms with van der Waals surface area (Å²) in [5, 5.41) is 10.4. The first kappa shape index (κ1) is 17.8. The minimum atomic E-state index is -0.381. The quantitative estimate of drug-likeness (QED) is 0.785. The van der Waals surface area contributed by atoms with Crippen LogP contribution in [-0.4, -0.2) is 37.4 Å². The van der Waals surface area contributed by atoms with Crippen LogP contribution in [-0.2, 0) is 9.53 Å². The molecule has 5 nitrogen and oxygen atoms in total. The average molecular weight is 321 g/mol. The number of benzene rings is 1. The summed E-state index contributed by atoms with van der Waals surface area (Å²) >= 11 is 0. The summed E-state index contributed by atoms with van der Waals surface area (Å²) in [4.78, 5) is 11.6. The SMILES string of the molecule is COC(=O)CC(N)[C@H](c1ccc(OC)cc1)[C@H]1CCCC[C@H]1O. The summed E-state index contributed by atoms with van der Waals surface area (Å²) in [6.45, 7) is 0. The van der Waals surface area contributed by atoms with Crippen LogP contribution in [0.3, 0.4) is 0 Å². The molecule has 4 atom stereocenters. The van der Waals surface area contributed by atoms with Crippen LogP contribution in [0.4, 0.5) is 0 Å². The Labute approximate surface area is 137 Å². The summed E-state index contributed by atoms with van der Waals surface area (Å²) in [7, 11) is 2.99. The number of nitrogens with two attached hydrogens (primary N) is 1. The molecule has 128 valence electrons. The molecule has 1 unspecified atom stereocenters. The van der Waals surface area contributed by atoms with E-state index in [-0.39, 0.29) is 36.4 Å². The summed E-state index contributed by atoms with van der Waals surface area (Å²) in [6, 6.07) is 7.35. The number of hydrogen-bond donors (Lipinski definition) is 2. The Hall–Kier alpha value is -1.59. The zero-order valence-corrected chi connectivity index (χ0v) is 13.9. The molecular formula is C18H27NO4. The molecule has 0 aromatic heterocycles. The molecule has 1 aromatic rings. The van der Waals surface area contributed by atoms with Gasteiger partial charge in [0.05, 0.1) is 26.7 Å². The fraction of sp³-hybridized carbons (Fsp3) is 0.611. The number of esters is 1. The van der Waals surface area contributed by atoms with Crippen molar-refractivity contribution in [1.29, 1.82) is 0 Å². The number of aliphatic hydroxyl groups is 1. The van der Waals surface area contributed by atoms with E-state index in [2.05, 4.69) is 0 Å². The molecule has 23 heavy (non-hydrogen) atoms. The number of aliphatic hydroxyl groups excluding tert-OH is 1.